The molecule has 3 atom stereocenters. The molecule has 5 rings (SSSR count). The lowest BCUT2D eigenvalue weighted by Crippen LogP contribution is -2.48. The van der Waals surface area contributed by atoms with Gasteiger partial charge in [-0.2, -0.15) is 13.2 Å². The highest BCUT2D eigenvalue weighted by atomic mass is 32.1. The van der Waals surface area contributed by atoms with Crippen LogP contribution in [0.1, 0.15) is 65.3 Å². The van der Waals surface area contributed by atoms with E-state index < -0.39 is 30.0 Å². The number of thiazole rings is 1. The molecule has 2 saturated heterocycles. The molecule has 39 heavy (non-hydrogen) atoms. The maximum Gasteiger partial charge on any atom is 0.451 e. The van der Waals surface area contributed by atoms with Gasteiger partial charge in [-0.1, -0.05) is 0 Å². The number of hydrogen-bond donors (Lipinski definition) is 2. The van der Waals surface area contributed by atoms with E-state index in [1.165, 1.54) is 16.2 Å². The molecule has 2 aliphatic rings. The van der Waals surface area contributed by atoms with Gasteiger partial charge in [0.1, 0.15) is 16.9 Å². The first-order chi connectivity index (χ1) is 18.5. The van der Waals surface area contributed by atoms with Gasteiger partial charge in [0.15, 0.2) is 0 Å². The van der Waals surface area contributed by atoms with Gasteiger partial charge in [-0.3, -0.25) is 4.79 Å². The molecule has 0 saturated carbocycles. The number of amides is 2. The van der Waals surface area contributed by atoms with E-state index in [0.717, 1.165) is 30.1 Å². The molecular formula is C26H26F3N5O4S. The number of nitrogens with zero attached hydrogens (tertiary/aromatic N) is 4. The van der Waals surface area contributed by atoms with Gasteiger partial charge in [0.05, 0.1) is 6.04 Å². The minimum absolute atomic E-state index is 0.0920. The Morgan fingerprint density at radius 1 is 1.10 bits per heavy atom. The number of ether oxygens (including phenoxy) is 1. The number of fused-ring (bicyclic) bond motifs is 2. The normalized spacial score (nSPS) is 21.5. The fraction of sp³-hybridized carbons (Fsp3) is 0.423. The van der Waals surface area contributed by atoms with Crippen molar-refractivity contribution in [3.8, 4) is 16.3 Å². The van der Waals surface area contributed by atoms with Crippen molar-refractivity contribution in [2.75, 3.05) is 0 Å². The molecule has 2 aliphatic heterocycles. The minimum Gasteiger partial charge on any atom is -0.490 e. The lowest BCUT2D eigenvalue weighted by Gasteiger charge is -2.37. The van der Waals surface area contributed by atoms with Crippen LogP contribution in [0.25, 0.3) is 10.6 Å². The van der Waals surface area contributed by atoms with Gasteiger partial charge in [-0.15, -0.1) is 11.3 Å². The second kappa shape index (κ2) is 10.4. The van der Waals surface area contributed by atoms with E-state index in [0.29, 0.717) is 40.3 Å². The molecule has 3 aromatic rings. The molecule has 206 valence electrons. The largest absolute Gasteiger partial charge is 0.490 e. The summed E-state index contributed by atoms with van der Waals surface area (Å²) < 4.78 is 44.7. The van der Waals surface area contributed by atoms with Crippen LogP contribution in [0.4, 0.5) is 18.0 Å². The first kappa shape index (κ1) is 26.9. The highest BCUT2D eigenvalue weighted by molar-refractivity contribution is 7.14. The molecule has 2 bridgehead atoms. The fourth-order valence-corrected chi connectivity index (χ4v) is 5.96. The van der Waals surface area contributed by atoms with Crippen molar-refractivity contribution in [1.29, 1.82) is 0 Å². The summed E-state index contributed by atoms with van der Waals surface area (Å²) in [6, 6.07) is 4.27. The van der Waals surface area contributed by atoms with E-state index in [9.17, 15) is 27.9 Å². The zero-order chi connectivity index (χ0) is 27.9. The van der Waals surface area contributed by atoms with E-state index in [-0.39, 0.29) is 18.2 Å². The standard InChI is InChI=1S/C26H26F3N5O4S/c1-13-10-30-23(39-13)16-5-15(22(35)33-14(2)17-11-31-24(32-12-17)26(27,28)29)6-20(7-16)38-21-8-18-3-4-19(9-21)34(18)25(36)37/h5-7,10-12,14,18-19,21H,3-4,8-9H2,1-2H3,(H,33,35)(H,36,37). The number of carboxylic acid groups (broad SMARTS) is 1. The highest BCUT2D eigenvalue weighted by Gasteiger charge is 2.44. The lowest BCUT2D eigenvalue weighted by molar-refractivity contribution is -0.145. The van der Waals surface area contributed by atoms with E-state index in [4.69, 9.17) is 4.74 Å². The number of carbonyl (C=O) groups excluding carboxylic acids is 1. The van der Waals surface area contributed by atoms with Gasteiger partial charge >= 0.3 is 12.3 Å². The Kier molecular flexibility index (Phi) is 7.19. The van der Waals surface area contributed by atoms with Gasteiger partial charge in [0.25, 0.3) is 5.91 Å². The van der Waals surface area contributed by atoms with E-state index >= 15 is 0 Å². The molecular weight excluding hydrogens is 535 g/mol. The highest BCUT2D eigenvalue weighted by Crippen LogP contribution is 2.38. The fourth-order valence-electron chi connectivity index (χ4n) is 5.21. The number of hydrogen-bond acceptors (Lipinski definition) is 7. The van der Waals surface area contributed by atoms with Gasteiger partial charge in [-0.25, -0.2) is 19.7 Å². The number of alkyl halides is 3. The lowest BCUT2D eigenvalue weighted by atomic mass is 10.00. The maximum absolute atomic E-state index is 13.2. The van der Waals surface area contributed by atoms with Crippen LogP contribution < -0.4 is 10.1 Å². The quantitative estimate of drug-likeness (QED) is 0.410. The molecule has 4 heterocycles. The Morgan fingerprint density at radius 3 is 2.33 bits per heavy atom. The SMILES string of the molecule is Cc1cnc(-c2cc(OC3CC4CCC(C3)N4C(=O)O)cc(C(=O)NC(C)c3cnc(C(F)(F)F)nc3)c2)s1. The zero-order valence-electron chi connectivity index (χ0n) is 21.1. The number of aromatic nitrogens is 3. The monoisotopic (exact) mass is 561 g/mol. The summed E-state index contributed by atoms with van der Waals surface area (Å²) in [6.07, 6.45) is 0.788. The summed E-state index contributed by atoms with van der Waals surface area (Å²) in [4.78, 5) is 38.6. The number of carbonyl (C=O) groups is 2. The van der Waals surface area contributed by atoms with E-state index in [2.05, 4.69) is 20.3 Å². The van der Waals surface area contributed by atoms with Crippen LogP contribution in [-0.2, 0) is 6.18 Å². The van der Waals surface area contributed by atoms with Crippen molar-refractivity contribution in [3.05, 3.63) is 58.6 Å². The van der Waals surface area contributed by atoms with Gasteiger partial charge in [0.2, 0.25) is 5.82 Å². The average Bonchev–Trinajstić information content (AvgIpc) is 3.44. The molecule has 0 radical (unpaired) electrons. The number of nitrogens with one attached hydrogen (secondary N) is 1. The Morgan fingerprint density at radius 2 is 1.77 bits per heavy atom. The van der Waals surface area contributed by atoms with Crippen molar-refractivity contribution in [3.63, 3.8) is 0 Å². The third kappa shape index (κ3) is 5.82. The van der Waals surface area contributed by atoms with Crippen molar-refractivity contribution in [1.82, 2.24) is 25.2 Å². The average molecular weight is 562 g/mol. The molecule has 0 spiro atoms. The predicted octanol–water partition coefficient (Wildman–Crippen LogP) is 5.47. The summed E-state index contributed by atoms with van der Waals surface area (Å²) >= 11 is 1.47. The van der Waals surface area contributed by atoms with Crippen LogP contribution in [-0.4, -0.2) is 55.1 Å². The number of piperidine rings is 1. The predicted molar refractivity (Wildman–Crippen MR) is 136 cm³/mol. The first-order valence-electron chi connectivity index (χ1n) is 12.4. The Balaban J connectivity index is 1.36. The van der Waals surface area contributed by atoms with E-state index in [1.54, 1.807) is 25.3 Å². The molecule has 1 aromatic carbocycles. The molecule has 9 nitrogen and oxygen atoms in total. The number of aryl methyl sites for hydroxylation is 1. The van der Waals surface area contributed by atoms with Crippen LogP contribution in [0.5, 0.6) is 5.75 Å². The zero-order valence-corrected chi connectivity index (χ0v) is 21.9. The topological polar surface area (TPSA) is 118 Å². The van der Waals surface area contributed by atoms with Gasteiger partial charge in [-0.05, 0) is 44.9 Å². The number of benzene rings is 1. The molecule has 2 fully saturated rings. The number of rotatable bonds is 6. The number of halogens is 3. The maximum atomic E-state index is 13.2. The van der Waals surface area contributed by atoms with Gasteiger partial charge < -0.3 is 20.1 Å². The van der Waals surface area contributed by atoms with Crippen LogP contribution in [0.3, 0.4) is 0 Å². The summed E-state index contributed by atoms with van der Waals surface area (Å²) in [7, 11) is 0. The smallest absolute Gasteiger partial charge is 0.451 e. The van der Waals surface area contributed by atoms with Crippen LogP contribution in [0.15, 0.2) is 36.8 Å². The third-order valence-corrected chi connectivity index (χ3v) is 7.99. The molecule has 3 unspecified atom stereocenters. The summed E-state index contributed by atoms with van der Waals surface area (Å²) in [5.41, 5.74) is 1.30. The second-order valence-electron chi connectivity index (χ2n) is 9.84. The summed E-state index contributed by atoms with van der Waals surface area (Å²) in [5.74, 6) is -1.24. The van der Waals surface area contributed by atoms with Crippen LogP contribution in [0, 0.1) is 6.92 Å². The summed E-state index contributed by atoms with van der Waals surface area (Å²) in [6.45, 7) is 3.55. The van der Waals surface area contributed by atoms with Crippen molar-refractivity contribution in [2.24, 2.45) is 0 Å². The van der Waals surface area contributed by atoms with Crippen LogP contribution in [0.2, 0.25) is 0 Å². The van der Waals surface area contributed by atoms with Crippen molar-refractivity contribution < 1.29 is 32.6 Å². The van der Waals surface area contributed by atoms with Crippen LogP contribution >= 0.6 is 11.3 Å². The minimum atomic E-state index is -4.65. The molecule has 2 aromatic heterocycles. The Hall–Kier alpha value is -3.74. The van der Waals surface area contributed by atoms with E-state index in [1.807, 2.05) is 13.0 Å². The second-order valence-corrected chi connectivity index (χ2v) is 11.1. The first-order valence-corrected chi connectivity index (χ1v) is 13.3. The van der Waals surface area contributed by atoms with Crippen molar-refractivity contribution >= 4 is 23.3 Å². The Labute approximate surface area is 226 Å². The Bertz CT molecular complexity index is 1370. The molecule has 13 heteroatoms. The molecule has 2 amide bonds. The van der Waals surface area contributed by atoms with Gasteiger partial charge in [0, 0.05) is 65.1 Å². The molecule has 2 N–H and O–H groups in total. The third-order valence-electron chi connectivity index (χ3n) is 7.02. The molecule has 0 aliphatic carbocycles. The summed E-state index contributed by atoms with van der Waals surface area (Å²) in [5, 5.41) is 13.0. The van der Waals surface area contributed by atoms with Crippen molar-refractivity contribution in [2.45, 2.75) is 69.9 Å².